The first-order valence-corrected chi connectivity index (χ1v) is 35.6. The fraction of sp³-hybridized carbons (Fsp3) is 0.544. The standard InChI is InChI=1S/C79H112N6O7/c1-9-11-13-15-17-19-21-23-25-27-29-31-33-35-37-41-69(86)80-74-72(76(88)84(82-74)62-47-55-66(56-48-62)91-64-51-43-60(44-52-64)78(3,4)5)71(68-40-39-59-90-68)73-75(81-70(87)42-38-36-34-32-30-28-26-24-22-20-18-16-14-12-10-2)83-85(77(73)89)63-49-57-67(58-50-63)92-65-53-45-61(46-54-65)79(6,7)8/h39-40,43-59,71,82-83H,9-38,41-42H2,1-8H3,(H,80,86)(H,81,87). The van der Waals surface area contributed by atoms with Gasteiger partial charge >= 0.3 is 0 Å². The Bertz CT molecular complexity index is 3130. The summed E-state index contributed by atoms with van der Waals surface area (Å²) in [5.74, 6) is 1.19. The second kappa shape index (κ2) is 38.0. The van der Waals surface area contributed by atoms with E-state index in [1.807, 2.05) is 24.3 Å². The molecule has 3 heterocycles. The lowest BCUT2D eigenvalue weighted by molar-refractivity contribution is -0.117. The van der Waals surface area contributed by atoms with Gasteiger partial charge in [0.25, 0.3) is 11.1 Å². The maximum Gasteiger partial charge on any atom is 0.277 e. The molecule has 7 aromatic rings. The highest BCUT2D eigenvalue weighted by Crippen LogP contribution is 2.38. The summed E-state index contributed by atoms with van der Waals surface area (Å²) in [5.41, 5.74) is 2.35. The van der Waals surface area contributed by atoms with Crippen LogP contribution in [0.15, 0.2) is 129 Å². The van der Waals surface area contributed by atoms with Gasteiger partial charge in [-0.15, -0.1) is 0 Å². The minimum Gasteiger partial charge on any atom is -0.468 e. The van der Waals surface area contributed by atoms with Gasteiger partial charge in [0.1, 0.15) is 40.4 Å². The molecule has 13 heteroatoms. The Morgan fingerprint density at radius 2 is 0.696 bits per heavy atom. The summed E-state index contributed by atoms with van der Waals surface area (Å²) in [4.78, 5) is 59.5. The molecule has 13 nitrogen and oxygen atoms in total. The minimum atomic E-state index is -1.22. The number of amides is 2. The second-order valence-corrected chi connectivity index (χ2v) is 27.8. The number of aromatic nitrogens is 4. The number of ether oxygens (including phenoxy) is 2. The number of nitrogens with one attached hydrogen (secondary N) is 4. The van der Waals surface area contributed by atoms with Crippen molar-refractivity contribution in [3.63, 3.8) is 0 Å². The summed E-state index contributed by atoms with van der Waals surface area (Å²) in [6.07, 6.45) is 38.3. The number of benzene rings is 4. The lowest BCUT2D eigenvalue weighted by Crippen LogP contribution is -2.26. The van der Waals surface area contributed by atoms with Crippen molar-refractivity contribution in [2.45, 2.75) is 278 Å². The zero-order valence-electron chi connectivity index (χ0n) is 57.4. The van der Waals surface area contributed by atoms with E-state index in [0.29, 0.717) is 47.2 Å². The van der Waals surface area contributed by atoms with Crippen molar-refractivity contribution in [2.75, 3.05) is 10.6 Å². The Hall–Kier alpha value is -7.28. The predicted molar refractivity (Wildman–Crippen MR) is 379 cm³/mol. The van der Waals surface area contributed by atoms with Crippen LogP contribution in [0.5, 0.6) is 23.0 Å². The summed E-state index contributed by atoms with van der Waals surface area (Å²) >= 11 is 0. The number of furan rings is 1. The maximum atomic E-state index is 15.5. The Morgan fingerprint density at radius 1 is 0.413 bits per heavy atom. The van der Waals surface area contributed by atoms with Crippen LogP contribution in [0.25, 0.3) is 11.4 Å². The topological polar surface area (TPSA) is 165 Å². The Morgan fingerprint density at radius 3 is 0.967 bits per heavy atom. The largest absolute Gasteiger partial charge is 0.468 e. The number of rotatable bonds is 43. The van der Waals surface area contributed by atoms with Gasteiger partial charge in [-0.3, -0.25) is 29.4 Å². The fourth-order valence-corrected chi connectivity index (χ4v) is 12.2. The first-order valence-electron chi connectivity index (χ1n) is 35.6. The van der Waals surface area contributed by atoms with E-state index < -0.39 is 17.0 Å². The van der Waals surface area contributed by atoms with Crippen LogP contribution < -0.4 is 31.2 Å². The van der Waals surface area contributed by atoms with Crippen LogP contribution in [0.4, 0.5) is 11.6 Å². The third kappa shape index (κ3) is 23.4. The molecule has 0 bridgehead atoms. The summed E-state index contributed by atoms with van der Waals surface area (Å²) in [7, 11) is 0. The molecule has 0 spiro atoms. The molecule has 0 saturated carbocycles. The highest BCUT2D eigenvalue weighted by atomic mass is 16.5. The van der Waals surface area contributed by atoms with Gasteiger partial charge in [0.05, 0.1) is 34.7 Å². The molecule has 0 aliphatic carbocycles. The molecular formula is C79H112N6O7. The van der Waals surface area contributed by atoms with E-state index in [-0.39, 0.29) is 64.0 Å². The number of carbonyl (C=O) groups excluding carboxylic acids is 2. The van der Waals surface area contributed by atoms with Crippen molar-refractivity contribution >= 4 is 23.5 Å². The Balaban J connectivity index is 1.13. The van der Waals surface area contributed by atoms with Gasteiger partial charge in [0.2, 0.25) is 11.8 Å². The van der Waals surface area contributed by atoms with Crippen LogP contribution in [0.2, 0.25) is 0 Å². The number of carbonyl (C=O) groups is 2. The molecule has 7 rings (SSSR count). The fourth-order valence-electron chi connectivity index (χ4n) is 12.2. The van der Waals surface area contributed by atoms with E-state index in [2.05, 4.69) is 100 Å². The average Bonchev–Trinajstić information content (AvgIpc) is 1.60. The zero-order valence-corrected chi connectivity index (χ0v) is 57.4. The summed E-state index contributed by atoms with van der Waals surface area (Å²) in [5, 5.41) is 12.7. The van der Waals surface area contributed by atoms with Crippen LogP contribution in [-0.4, -0.2) is 31.4 Å². The number of hydrogen-bond acceptors (Lipinski definition) is 7. The van der Waals surface area contributed by atoms with Crippen molar-refractivity contribution in [2.24, 2.45) is 0 Å². The molecule has 0 atom stereocenters. The normalized spacial score (nSPS) is 11.8. The molecule has 0 unspecified atom stereocenters. The SMILES string of the molecule is CCCCCCCCCCCCCCCCCC(=O)Nc1[nH]n(-c2ccc(Oc3ccc(C(C)(C)C)cc3)cc2)c(=O)c1C(c1ccco1)c1c(NC(=O)CCCCCCCCCCCCCCCCC)[nH]n(-c2ccc(Oc3ccc(C(C)(C)C)cc3)cc2)c1=O. The van der Waals surface area contributed by atoms with E-state index in [9.17, 15) is 9.59 Å². The number of unbranched alkanes of at least 4 members (excludes halogenated alkanes) is 28. The van der Waals surface area contributed by atoms with Crippen molar-refractivity contribution in [3.05, 3.63) is 164 Å². The molecule has 2 amide bonds. The molecular weight excluding hydrogens is 1140 g/mol. The molecule has 0 saturated heterocycles. The highest BCUT2D eigenvalue weighted by molar-refractivity contribution is 5.92. The Kier molecular flexibility index (Phi) is 29.8. The average molecular weight is 1260 g/mol. The van der Waals surface area contributed by atoms with Gasteiger partial charge in [-0.25, -0.2) is 9.36 Å². The lowest BCUT2D eigenvalue weighted by Gasteiger charge is -2.19. The monoisotopic (exact) mass is 1260 g/mol. The molecule has 4 aromatic carbocycles. The lowest BCUT2D eigenvalue weighted by atomic mass is 9.87. The number of hydrogen-bond donors (Lipinski definition) is 4. The van der Waals surface area contributed by atoms with E-state index in [1.54, 1.807) is 60.7 Å². The summed E-state index contributed by atoms with van der Waals surface area (Å²) < 4.78 is 21.5. The second-order valence-electron chi connectivity index (χ2n) is 27.8. The quantitative estimate of drug-likeness (QED) is 0.0276. The van der Waals surface area contributed by atoms with Crippen LogP contribution in [-0.2, 0) is 20.4 Å². The van der Waals surface area contributed by atoms with Gasteiger partial charge in [-0.2, -0.15) is 0 Å². The number of aromatic amines is 2. The molecule has 0 radical (unpaired) electrons. The van der Waals surface area contributed by atoms with Crippen molar-refractivity contribution in [1.29, 1.82) is 0 Å². The van der Waals surface area contributed by atoms with E-state index in [0.717, 1.165) is 38.5 Å². The molecule has 92 heavy (non-hydrogen) atoms. The predicted octanol–water partition coefficient (Wildman–Crippen LogP) is 22.0. The molecule has 500 valence electrons. The van der Waals surface area contributed by atoms with Crippen molar-refractivity contribution in [1.82, 2.24) is 19.6 Å². The Labute approximate surface area is 550 Å². The van der Waals surface area contributed by atoms with Crippen molar-refractivity contribution in [3.8, 4) is 34.4 Å². The minimum absolute atomic E-state index is 0.0108. The smallest absolute Gasteiger partial charge is 0.277 e. The number of nitrogens with zero attached hydrogens (tertiary/aromatic N) is 2. The third-order valence-electron chi connectivity index (χ3n) is 17.9. The van der Waals surface area contributed by atoms with Gasteiger partial charge in [0, 0.05) is 12.8 Å². The first kappa shape index (κ1) is 72.2. The van der Waals surface area contributed by atoms with Crippen LogP contribution >= 0.6 is 0 Å². The number of anilines is 2. The van der Waals surface area contributed by atoms with E-state index in [4.69, 9.17) is 13.9 Å². The van der Waals surface area contributed by atoms with Gasteiger partial charge in [-0.05, 0) is 120 Å². The van der Waals surface area contributed by atoms with Gasteiger partial charge < -0.3 is 24.5 Å². The molecule has 0 aliphatic rings. The molecule has 4 N–H and O–H groups in total. The third-order valence-corrected chi connectivity index (χ3v) is 17.9. The molecule has 0 fully saturated rings. The van der Waals surface area contributed by atoms with Crippen LogP contribution in [0, 0.1) is 0 Å². The van der Waals surface area contributed by atoms with Crippen LogP contribution in [0.3, 0.4) is 0 Å². The molecule has 3 aromatic heterocycles. The molecule has 0 aliphatic heterocycles. The van der Waals surface area contributed by atoms with Gasteiger partial charge in [0.15, 0.2) is 0 Å². The first-order chi connectivity index (χ1) is 44.5. The van der Waals surface area contributed by atoms with Crippen molar-refractivity contribution < 1.29 is 23.5 Å². The highest BCUT2D eigenvalue weighted by Gasteiger charge is 2.36. The maximum absolute atomic E-state index is 15.5. The summed E-state index contributed by atoms with van der Waals surface area (Å²) in [6.45, 7) is 17.5. The zero-order chi connectivity index (χ0) is 65.6. The van der Waals surface area contributed by atoms with E-state index in [1.165, 1.54) is 168 Å². The van der Waals surface area contributed by atoms with Crippen LogP contribution in [0.1, 0.15) is 295 Å². The van der Waals surface area contributed by atoms with E-state index >= 15 is 9.59 Å². The van der Waals surface area contributed by atoms with Gasteiger partial charge in [-0.1, -0.05) is 259 Å². The number of H-pyrrole nitrogens is 2. The summed E-state index contributed by atoms with van der Waals surface area (Å²) in [6, 6.07) is 33.7.